The Morgan fingerprint density at radius 1 is 1.15 bits per heavy atom. The summed E-state index contributed by atoms with van der Waals surface area (Å²) in [5.74, 6) is 0.990. The van der Waals surface area contributed by atoms with E-state index >= 15 is 0 Å². The van der Waals surface area contributed by atoms with Crippen LogP contribution in [0.4, 0.5) is 5.13 Å². The van der Waals surface area contributed by atoms with Gasteiger partial charge in [-0.1, -0.05) is 18.2 Å². The molecule has 2 heterocycles. The van der Waals surface area contributed by atoms with Crippen molar-refractivity contribution in [2.24, 2.45) is 0 Å². The van der Waals surface area contributed by atoms with E-state index in [-0.39, 0.29) is 18.2 Å². The molecule has 1 aliphatic rings. The summed E-state index contributed by atoms with van der Waals surface area (Å²) in [6, 6.07) is 10.5. The summed E-state index contributed by atoms with van der Waals surface area (Å²) in [7, 11) is 4.59. The summed E-state index contributed by atoms with van der Waals surface area (Å²) < 4.78 is 16.4. The van der Waals surface area contributed by atoms with E-state index in [0.29, 0.717) is 40.1 Å². The van der Waals surface area contributed by atoms with Crippen molar-refractivity contribution < 1.29 is 23.8 Å². The summed E-state index contributed by atoms with van der Waals surface area (Å²) in [5, 5.41) is 5.24. The van der Waals surface area contributed by atoms with Crippen molar-refractivity contribution in [3.05, 3.63) is 64.2 Å². The zero-order valence-corrected chi connectivity index (χ0v) is 19.7. The van der Waals surface area contributed by atoms with Gasteiger partial charge in [0, 0.05) is 17.5 Å². The smallest absolute Gasteiger partial charge is 0.255 e. The fourth-order valence-electron chi connectivity index (χ4n) is 3.99. The quantitative estimate of drug-likeness (QED) is 0.534. The number of aromatic nitrogens is 1. The molecule has 1 aliphatic heterocycles. The SMILES string of the molecule is COc1cc([C@@H](CC(=O)Nc2nc(C)cs2)N2Cc3ccccc3C2=O)cc(OC)c1OC. The molecule has 8 nitrogen and oxygen atoms in total. The Bertz CT molecular complexity index is 1170. The van der Waals surface area contributed by atoms with Crippen LogP contribution in [0.1, 0.15) is 39.6 Å². The number of rotatable bonds is 8. The van der Waals surface area contributed by atoms with Crippen molar-refractivity contribution in [2.45, 2.75) is 25.9 Å². The molecule has 4 rings (SSSR count). The second-order valence-corrected chi connectivity index (χ2v) is 8.47. The van der Waals surface area contributed by atoms with Crippen LogP contribution < -0.4 is 19.5 Å². The van der Waals surface area contributed by atoms with Crippen LogP contribution in [0.15, 0.2) is 41.8 Å². The van der Waals surface area contributed by atoms with Crippen molar-refractivity contribution >= 4 is 28.3 Å². The van der Waals surface area contributed by atoms with E-state index in [1.807, 2.05) is 36.6 Å². The molecule has 33 heavy (non-hydrogen) atoms. The summed E-state index contributed by atoms with van der Waals surface area (Å²) in [5.41, 5.74) is 3.11. The predicted molar refractivity (Wildman–Crippen MR) is 125 cm³/mol. The van der Waals surface area contributed by atoms with E-state index in [2.05, 4.69) is 10.3 Å². The van der Waals surface area contributed by atoms with Crippen LogP contribution >= 0.6 is 11.3 Å². The molecular formula is C24H25N3O5S. The van der Waals surface area contributed by atoms with E-state index < -0.39 is 6.04 Å². The van der Waals surface area contributed by atoms with Crippen molar-refractivity contribution in [1.82, 2.24) is 9.88 Å². The Hall–Kier alpha value is -3.59. The molecule has 9 heteroatoms. The molecule has 1 N–H and O–H groups in total. The van der Waals surface area contributed by atoms with Crippen LogP contribution in [-0.2, 0) is 11.3 Å². The van der Waals surface area contributed by atoms with Crippen LogP contribution in [0.2, 0.25) is 0 Å². The number of amides is 2. The average Bonchev–Trinajstić information content (AvgIpc) is 3.38. The molecule has 3 aromatic rings. The van der Waals surface area contributed by atoms with Crippen LogP contribution in [0.25, 0.3) is 0 Å². The lowest BCUT2D eigenvalue weighted by molar-refractivity contribution is -0.117. The Balaban J connectivity index is 1.72. The predicted octanol–water partition coefficient (Wildman–Crippen LogP) is 4.20. The molecule has 1 atom stereocenters. The first-order valence-corrected chi connectivity index (χ1v) is 11.2. The number of nitrogens with zero attached hydrogens (tertiary/aromatic N) is 2. The van der Waals surface area contributed by atoms with Gasteiger partial charge in [-0.3, -0.25) is 9.59 Å². The standard InChI is InChI=1S/C24H25N3O5S/c1-14-13-33-24(25-14)26-21(28)11-18(27-12-15-7-5-6-8-17(15)23(27)29)16-9-19(30-2)22(32-4)20(10-16)31-3/h5-10,13,18H,11-12H2,1-4H3,(H,25,26,28)/t18-/m1/s1. The van der Waals surface area contributed by atoms with Gasteiger partial charge in [-0.2, -0.15) is 0 Å². The van der Waals surface area contributed by atoms with Gasteiger partial charge in [0.2, 0.25) is 11.7 Å². The minimum Gasteiger partial charge on any atom is -0.493 e. The summed E-state index contributed by atoms with van der Waals surface area (Å²) in [6.45, 7) is 2.27. The van der Waals surface area contributed by atoms with E-state index in [4.69, 9.17) is 14.2 Å². The largest absolute Gasteiger partial charge is 0.493 e. The number of aryl methyl sites for hydroxylation is 1. The van der Waals surface area contributed by atoms with E-state index in [1.165, 1.54) is 32.7 Å². The number of methoxy groups -OCH3 is 3. The lowest BCUT2D eigenvalue weighted by Crippen LogP contribution is -2.32. The van der Waals surface area contributed by atoms with Gasteiger partial charge in [-0.05, 0) is 36.2 Å². The number of fused-ring (bicyclic) bond motifs is 1. The maximum absolute atomic E-state index is 13.3. The lowest BCUT2D eigenvalue weighted by atomic mass is 10.00. The van der Waals surface area contributed by atoms with Gasteiger partial charge in [0.15, 0.2) is 16.6 Å². The van der Waals surface area contributed by atoms with Gasteiger partial charge >= 0.3 is 0 Å². The number of carbonyl (C=O) groups is 2. The van der Waals surface area contributed by atoms with E-state index in [1.54, 1.807) is 17.0 Å². The highest BCUT2D eigenvalue weighted by Crippen LogP contribution is 2.43. The lowest BCUT2D eigenvalue weighted by Gasteiger charge is -2.29. The summed E-state index contributed by atoms with van der Waals surface area (Å²) >= 11 is 1.36. The molecular weight excluding hydrogens is 442 g/mol. The number of hydrogen-bond acceptors (Lipinski definition) is 7. The Kier molecular flexibility index (Phi) is 6.50. The number of nitrogens with one attached hydrogen (secondary N) is 1. The topological polar surface area (TPSA) is 90.0 Å². The molecule has 0 bridgehead atoms. The monoisotopic (exact) mass is 467 g/mol. The van der Waals surface area contributed by atoms with Crippen LogP contribution in [0.3, 0.4) is 0 Å². The third-order valence-electron chi connectivity index (χ3n) is 5.54. The summed E-state index contributed by atoms with van der Waals surface area (Å²) in [6.07, 6.45) is 0.0387. The molecule has 2 amide bonds. The van der Waals surface area contributed by atoms with Crippen LogP contribution in [0, 0.1) is 6.92 Å². The first-order valence-electron chi connectivity index (χ1n) is 10.4. The van der Waals surface area contributed by atoms with Crippen molar-refractivity contribution in [2.75, 3.05) is 26.6 Å². The number of ether oxygens (including phenoxy) is 3. The van der Waals surface area contributed by atoms with Gasteiger partial charge < -0.3 is 24.4 Å². The Labute approximate surface area is 196 Å². The molecule has 2 aromatic carbocycles. The highest BCUT2D eigenvalue weighted by atomic mass is 32.1. The zero-order chi connectivity index (χ0) is 23.5. The summed E-state index contributed by atoms with van der Waals surface area (Å²) in [4.78, 5) is 32.3. The fraction of sp³-hybridized carbons (Fsp3) is 0.292. The zero-order valence-electron chi connectivity index (χ0n) is 18.9. The highest BCUT2D eigenvalue weighted by molar-refractivity contribution is 7.13. The molecule has 0 saturated carbocycles. The molecule has 1 aromatic heterocycles. The van der Waals surface area contributed by atoms with E-state index in [0.717, 1.165) is 11.3 Å². The molecule has 0 unspecified atom stereocenters. The molecule has 0 fully saturated rings. The second kappa shape index (κ2) is 9.50. The highest BCUT2D eigenvalue weighted by Gasteiger charge is 2.35. The number of carbonyl (C=O) groups excluding carboxylic acids is 2. The maximum Gasteiger partial charge on any atom is 0.255 e. The number of benzene rings is 2. The van der Waals surface area contributed by atoms with Gasteiger partial charge in [0.1, 0.15) is 0 Å². The number of anilines is 1. The van der Waals surface area contributed by atoms with Crippen LogP contribution in [-0.4, -0.2) is 43.0 Å². The van der Waals surface area contributed by atoms with Crippen molar-refractivity contribution in [1.29, 1.82) is 0 Å². The first-order chi connectivity index (χ1) is 15.9. The molecule has 0 aliphatic carbocycles. The minimum absolute atomic E-state index is 0.0387. The normalized spacial score (nSPS) is 13.5. The van der Waals surface area contributed by atoms with E-state index in [9.17, 15) is 9.59 Å². The van der Waals surface area contributed by atoms with Gasteiger partial charge in [-0.15, -0.1) is 11.3 Å². The minimum atomic E-state index is -0.556. The molecule has 172 valence electrons. The van der Waals surface area contributed by atoms with Crippen LogP contribution in [0.5, 0.6) is 17.2 Å². The van der Waals surface area contributed by atoms with Gasteiger partial charge in [0.05, 0.1) is 39.5 Å². The molecule has 0 saturated heterocycles. The van der Waals surface area contributed by atoms with Gasteiger partial charge in [-0.25, -0.2) is 4.98 Å². The third kappa shape index (κ3) is 4.49. The first kappa shape index (κ1) is 22.6. The third-order valence-corrected chi connectivity index (χ3v) is 6.42. The van der Waals surface area contributed by atoms with Gasteiger partial charge in [0.25, 0.3) is 5.91 Å². The Morgan fingerprint density at radius 3 is 2.42 bits per heavy atom. The average molecular weight is 468 g/mol. The number of hydrogen-bond donors (Lipinski definition) is 1. The number of thiazole rings is 1. The molecule has 0 radical (unpaired) electrons. The Morgan fingerprint density at radius 2 is 1.85 bits per heavy atom. The molecule has 0 spiro atoms. The second-order valence-electron chi connectivity index (χ2n) is 7.61. The fourth-order valence-corrected chi connectivity index (χ4v) is 4.69. The maximum atomic E-state index is 13.3. The van der Waals surface area contributed by atoms with Crippen molar-refractivity contribution in [3.8, 4) is 17.2 Å². The van der Waals surface area contributed by atoms with Crippen molar-refractivity contribution in [3.63, 3.8) is 0 Å².